The van der Waals surface area contributed by atoms with Crippen LogP contribution in [0.2, 0.25) is 0 Å². The SMILES string of the molecule is CCN1CCC[C@@H]1CNC(=O)Nc1cccc(-c2ccco2)c1. The second-order valence-corrected chi connectivity index (χ2v) is 5.82. The molecule has 1 aromatic carbocycles. The third-order valence-corrected chi connectivity index (χ3v) is 4.33. The van der Waals surface area contributed by atoms with Gasteiger partial charge in [0.05, 0.1) is 6.26 Å². The highest BCUT2D eigenvalue weighted by Crippen LogP contribution is 2.23. The van der Waals surface area contributed by atoms with Gasteiger partial charge < -0.3 is 15.1 Å². The summed E-state index contributed by atoms with van der Waals surface area (Å²) in [4.78, 5) is 14.5. The van der Waals surface area contributed by atoms with Gasteiger partial charge in [0, 0.05) is 23.8 Å². The summed E-state index contributed by atoms with van der Waals surface area (Å²) >= 11 is 0. The maximum absolute atomic E-state index is 12.1. The molecule has 5 nitrogen and oxygen atoms in total. The lowest BCUT2D eigenvalue weighted by molar-refractivity contribution is 0.238. The molecule has 2 amide bonds. The van der Waals surface area contributed by atoms with Crippen molar-refractivity contribution in [1.82, 2.24) is 10.2 Å². The molecule has 122 valence electrons. The summed E-state index contributed by atoms with van der Waals surface area (Å²) < 4.78 is 5.38. The minimum atomic E-state index is -0.162. The maximum atomic E-state index is 12.1. The lowest BCUT2D eigenvalue weighted by Gasteiger charge is -2.22. The third-order valence-electron chi connectivity index (χ3n) is 4.33. The van der Waals surface area contributed by atoms with Crippen molar-refractivity contribution in [3.8, 4) is 11.3 Å². The summed E-state index contributed by atoms with van der Waals surface area (Å²) in [5, 5.41) is 5.87. The topological polar surface area (TPSA) is 57.5 Å². The highest BCUT2D eigenvalue weighted by atomic mass is 16.3. The summed E-state index contributed by atoms with van der Waals surface area (Å²) in [6.07, 6.45) is 4.01. The molecule has 1 saturated heterocycles. The van der Waals surface area contributed by atoms with Crippen LogP contribution in [0, 0.1) is 0 Å². The van der Waals surface area contributed by atoms with Crippen molar-refractivity contribution in [2.45, 2.75) is 25.8 Å². The standard InChI is InChI=1S/C18H23N3O2/c1-2-21-10-4-8-16(21)13-19-18(22)20-15-7-3-6-14(12-15)17-9-5-11-23-17/h3,5-7,9,11-12,16H,2,4,8,10,13H2,1H3,(H2,19,20,22)/t16-/m1/s1. The molecule has 0 unspecified atom stereocenters. The van der Waals surface area contributed by atoms with Crippen LogP contribution in [0.3, 0.4) is 0 Å². The molecule has 0 radical (unpaired) electrons. The van der Waals surface area contributed by atoms with Crippen molar-refractivity contribution in [2.75, 3.05) is 25.0 Å². The van der Waals surface area contributed by atoms with Crippen molar-refractivity contribution in [1.29, 1.82) is 0 Å². The first-order valence-corrected chi connectivity index (χ1v) is 8.19. The van der Waals surface area contributed by atoms with Crippen molar-refractivity contribution < 1.29 is 9.21 Å². The number of urea groups is 1. The van der Waals surface area contributed by atoms with E-state index in [2.05, 4.69) is 22.5 Å². The quantitative estimate of drug-likeness (QED) is 0.887. The van der Waals surface area contributed by atoms with E-state index >= 15 is 0 Å². The van der Waals surface area contributed by atoms with Gasteiger partial charge >= 0.3 is 6.03 Å². The number of furan rings is 1. The summed E-state index contributed by atoms with van der Waals surface area (Å²) in [5.41, 5.74) is 1.70. The Morgan fingerprint density at radius 1 is 1.35 bits per heavy atom. The fourth-order valence-corrected chi connectivity index (χ4v) is 3.12. The number of rotatable bonds is 5. The molecule has 1 aromatic heterocycles. The first-order chi connectivity index (χ1) is 11.3. The summed E-state index contributed by atoms with van der Waals surface area (Å²) in [7, 11) is 0. The Morgan fingerprint density at radius 2 is 2.26 bits per heavy atom. The van der Waals surface area contributed by atoms with Crippen LogP contribution in [-0.2, 0) is 0 Å². The number of nitrogens with zero attached hydrogens (tertiary/aromatic N) is 1. The molecule has 1 aliphatic heterocycles. The van der Waals surface area contributed by atoms with Crippen LogP contribution < -0.4 is 10.6 Å². The Labute approximate surface area is 136 Å². The van der Waals surface area contributed by atoms with Gasteiger partial charge in [0.25, 0.3) is 0 Å². The van der Waals surface area contributed by atoms with E-state index in [1.807, 2.05) is 36.4 Å². The Bertz CT molecular complexity index is 639. The highest BCUT2D eigenvalue weighted by Gasteiger charge is 2.23. The zero-order chi connectivity index (χ0) is 16.1. The summed E-state index contributed by atoms with van der Waals surface area (Å²) in [5.74, 6) is 0.790. The molecule has 0 bridgehead atoms. The molecule has 2 heterocycles. The van der Waals surface area contributed by atoms with Crippen LogP contribution in [0.4, 0.5) is 10.5 Å². The molecule has 5 heteroatoms. The van der Waals surface area contributed by atoms with E-state index in [0.717, 1.165) is 36.5 Å². The van der Waals surface area contributed by atoms with E-state index in [0.29, 0.717) is 12.6 Å². The number of benzene rings is 1. The normalized spacial score (nSPS) is 18.0. The lowest BCUT2D eigenvalue weighted by atomic mass is 10.1. The fourth-order valence-electron chi connectivity index (χ4n) is 3.12. The van der Waals surface area contributed by atoms with E-state index in [9.17, 15) is 4.79 Å². The first-order valence-electron chi connectivity index (χ1n) is 8.19. The van der Waals surface area contributed by atoms with Gasteiger partial charge in [0.1, 0.15) is 5.76 Å². The van der Waals surface area contributed by atoms with Crippen molar-refractivity contribution in [3.63, 3.8) is 0 Å². The minimum absolute atomic E-state index is 0.162. The van der Waals surface area contributed by atoms with Crippen LogP contribution in [0.1, 0.15) is 19.8 Å². The monoisotopic (exact) mass is 313 g/mol. The Balaban J connectivity index is 1.55. The van der Waals surface area contributed by atoms with E-state index in [1.165, 1.54) is 6.42 Å². The molecular weight excluding hydrogens is 290 g/mol. The number of hydrogen-bond acceptors (Lipinski definition) is 3. The molecule has 0 saturated carbocycles. The number of carbonyl (C=O) groups excluding carboxylic acids is 1. The molecule has 1 aliphatic rings. The van der Waals surface area contributed by atoms with Crippen molar-refractivity contribution in [2.24, 2.45) is 0 Å². The largest absolute Gasteiger partial charge is 0.464 e. The van der Waals surface area contributed by atoms with Crippen molar-refractivity contribution in [3.05, 3.63) is 42.7 Å². The van der Waals surface area contributed by atoms with Gasteiger partial charge in [0.2, 0.25) is 0 Å². The van der Waals surface area contributed by atoms with Gasteiger partial charge in [-0.1, -0.05) is 19.1 Å². The number of likely N-dealkylation sites (tertiary alicyclic amines) is 1. The van der Waals surface area contributed by atoms with Gasteiger partial charge in [0.15, 0.2) is 0 Å². The number of amides is 2. The van der Waals surface area contributed by atoms with Gasteiger partial charge in [-0.2, -0.15) is 0 Å². The van der Waals surface area contributed by atoms with Crippen molar-refractivity contribution >= 4 is 11.7 Å². The number of nitrogens with one attached hydrogen (secondary N) is 2. The number of likely N-dealkylation sites (N-methyl/N-ethyl adjacent to an activating group) is 1. The van der Waals surface area contributed by atoms with E-state index < -0.39 is 0 Å². The van der Waals surface area contributed by atoms with Crippen LogP contribution in [0.5, 0.6) is 0 Å². The maximum Gasteiger partial charge on any atom is 0.319 e. The third kappa shape index (κ3) is 3.93. The predicted molar refractivity (Wildman–Crippen MR) is 91.4 cm³/mol. The van der Waals surface area contributed by atoms with Gasteiger partial charge in [-0.3, -0.25) is 4.90 Å². The molecule has 0 spiro atoms. The zero-order valence-electron chi connectivity index (χ0n) is 13.4. The van der Waals surface area contributed by atoms with Crippen LogP contribution in [-0.4, -0.2) is 36.6 Å². The average Bonchev–Trinajstić information content (AvgIpc) is 3.24. The highest BCUT2D eigenvalue weighted by molar-refractivity contribution is 5.90. The predicted octanol–water partition coefficient (Wildman–Crippen LogP) is 3.55. The summed E-state index contributed by atoms with van der Waals surface area (Å²) in [6, 6.07) is 11.7. The number of anilines is 1. The number of hydrogen-bond donors (Lipinski definition) is 2. The van der Waals surface area contributed by atoms with Crippen LogP contribution in [0.15, 0.2) is 47.1 Å². The van der Waals surface area contributed by atoms with Crippen LogP contribution >= 0.6 is 0 Å². The van der Waals surface area contributed by atoms with Gasteiger partial charge in [-0.25, -0.2) is 4.79 Å². The molecule has 1 atom stereocenters. The van der Waals surface area contributed by atoms with E-state index in [1.54, 1.807) is 6.26 Å². The van der Waals surface area contributed by atoms with Crippen LogP contribution in [0.25, 0.3) is 11.3 Å². The first kappa shape index (κ1) is 15.6. The van der Waals surface area contributed by atoms with E-state index in [-0.39, 0.29) is 6.03 Å². The smallest absolute Gasteiger partial charge is 0.319 e. The molecule has 2 aromatic rings. The van der Waals surface area contributed by atoms with E-state index in [4.69, 9.17) is 4.42 Å². The molecule has 3 rings (SSSR count). The average molecular weight is 313 g/mol. The molecular formula is C18H23N3O2. The second-order valence-electron chi connectivity index (χ2n) is 5.82. The molecule has 1 fully saturated rings. The zero-order valence-corrected chi connectivity index (χ0v) is 13.4. The van der Waals surface area contributed by atoms with Gasteiger partial charge in [-0.15, -0.1) is 0 Å². The Kier molecular flexibility index (Phi) is 4.98. The molecule has 2 N–H and O–H groups in total. The fraction of sp³-hybridized carbons (Fsp3) is 0.389. The second kappa shape index (κ2) is 7.33. The summed E-state index contributed by atoms with van der Waals surface area (Å²) in [6.45, 7) is 5.03. The molecule has 23 heavy (non-hydrogen) atoms. The van der Waals surface area contributed by atoms with Gasteiger partial charge in [-0.05, 0) is 50.2 Å². The molecule has 0 aliphatic carbocycles. The number of carbonyl (C=O) groups is 1. The Hall–Kier alpha value is -2.27. The lowest BCUT2D eigenvalue weighted by Crippen LogP contribution is -2.41. The Morgan fingerprint density at radius 3 is 3.04 bits per heavy atom. The minimum Gasteiger partial charge on any atom is -0.464 e.